The van der Waals surface area contributed by atoms with E-state index in [1.54, 1.807) is 20.1 Å². The van der Waals surface area contributed by atoms with Gasteiger partial charge in [-0.25, -0.2) is 4.79 Å². The molecule has 0 spiro atoms. The molecular formula is C12H12BrNO3. The number of halogens is 1. The molecule has 1 aromatic carbocycles. The van der Waals surface area contributed by atoms with Crippen molar-refractivity contribution in [2.24, 2.45) is 0 Å². The molecule has 90 valence electrons. The largest absolute Gasteiger partial charge is 0.496 e. The molecule has 0 saturated carbocycles. The van der Waals surface area contributed by atoms with Crippen LogP contribution in [0.2, 0.25) is 0 Å². The molecule has 0 unspecified atom stereocenters. The molecule has 0 radical (unpaired) electrons. The fraction of sp³-hybridized carbons (Fsp3) is 0.250. The van der Waals surface area contributed by atoms with Gasteiger partial charge in [-0.15, -0.1) is 0 Å². The summed E-state index contributed by atoms with van der Waals surface area (Å²) < 4.78 is 11.0. The Balaban J connectivity index is 2.47. The maximum atomic E-state index is 11.6. The minimum absolute atomic E-state index is 0.348. The Bertz CT molecular complexity index is 562. The molecule has 0 amide bonds. The van der Waals surface area contributed by atoms with Gasteiger partial charge in [0.2, 0.25) is 0 Å². The van der Waals surface area contributed by atoms with Crippen LogP contribution in [-0.4, -0.2) is 24.7 Å². The Morgan fingerprint density at radius 3 is 2.82 bits per heavy atom. The number of aromatic amines is 1. The highest BCUT2D eigenvalue weighted by Gasteiger charge is 2.12. The average molecular weight is 298 g/mol. The van der Waals surface area contributed by atoms with E-state index < -0.39 is 0 Å². The number of hydrogen-bond donors (Lipinski definition) is 1. The maximum Gasteiger partial charge on any atom is 0.354 e. The fourth-order valence-electron chi connectivity index (χ4n) is 1.61. The first kappa shape index (κ1) is 12.0. The molecule has 1 heterocycles. The number of rotatable bonds is 3. The van der Waals surface area contributed by atoms with Crippen LogP contribution in [0.1, 0.15) is 17.4 Å². The molecule has 0 saturated heterocycles. The lowest BCUT2D eigenvalue weighted by Crippen LogP contribution is -2.04. The van der Waals surface area contributed by atoms with E-state index in [1.807, 2.05) is 12.1 Å². The van der Waals surface area contributed by atoms with Crippen LogP contribution in [0.4, 0.5) is 0 Å². The summed E-state index contributed by atoms with van der Waals surface area (Å²) in [4.78, 5) is 14.6. The van der Waals surface area contributed by atoms with Gasteiger partial charge in [0.05, 0.1) is 18.2 Å². The zero-order valence-electron chi connectivity index (χ0n) is 9.54. The number of fused-ring (bicyclic) bond motifs is 1. The van der Waals surface area contributed by atoms with Crippen molar-refractivity contribution in [3.8, 4) is 5.75 Å². The van der Waals surface area contributed by atoms with E-state index >= 15 is 0 Å². The summed E-state index contributed by atoms with van der Waals surface area (Å²) in [5, 5.41) is 0.910. The van der Waals surface area contributed by atoms with Crippen LogP contribution in [0.25, 0.3) is 10.9 Å². The van der Waals surface area contributed by atoms with Gasteiger partial charge in [-0.1, -0.05) is 0 Å². The third-order valence-corrected chi connectivity index (χ3v) is 3.01. The van der Waals surface area contributed by atoms with Crippen LogP contribution in [0, 0.1) is 0 Å². The van der Waals surface area contributed by atoms with E-state index in [1.165, 1.54) is 0 Å². The monoisotopic (exact) mass is 297 g/mol. The van der Waals surface area contributed by atoms with Crippen molar-refractivity contribution in [3.63, 3.8) is 0 Å². The molecule has 2 rings (SSSR count). The van der Waals surface area contributed by atoms with Crippen molar-refractivity contribution in [1.82, 2.24) is 4.98 Å². The first-order chi connectivity index (χ1) is 8.15. The van der Waals surface area contributed by atoms with E-state index in [4.69, 9.17) is 9.47 Å². The van der Waals surface area contributed by atoms with Gasteiger partial charge in [-0.3, -0.25) is 0 Å². The van der Waals surface area contributed by atoms with E-state index in [-0.39, 0.29) is 5.97 Å². The minimum Gasteiger partial charge on any atom is -0.496 e. The third-order valence-electron chi connectivity index (χ3n) is 2.39. The van der Waals surface area contributed by atoms with E-state index in [2.05, 4.69) is 20.9 Å². The van der Waals surface area contributed by atoms with Crippen LogP contribution < -0.4 is 4.74 Å². The first-order valence-electron chi connectivity index (χ1n) is 5.19. The molecule has 5 heteroatoms. The zero-order valence-corrected chi connectivity index (χ0v) is 11.1. The molecule has 1 N–H and O–H groups in total. The molecule has 0 atom stereocenters. The fourth-order valence-corrected chi connectivity index (χ4v) is 2.11. The van der Waals surface area contributed by atoms with Crippen LogP contribution in [0.5, 0.6) is 5.75 Å². The van der Waals surface area contributed by atoms with E-state index in [9.17, 15) is 4.79 Å². The second-order valence-electron chi connectivity index (χ2n) is 3.48. The van der Waals surface area contributed by atoms with Crippen LogP contribution in [-0.2, 0) is 4.74 Å². The third kappa shape index (κ3) is 2.29. The highest BCUT2D eigenvalue weighted by atomic mass is 79.9. The number of H-pyrrole nitrogens is 1. The van der Waals surface area contributed by atoms with Crippen molar-refractivity contribution in [3.05, 3.63) is 28.4 Å². The number of benzene rings is 1. The number of nitrogens with one attached hydrogen (secondary N) is 1. The Hall–Kier alpha value is -1.49. The summed E-state index contributed by atoms with van der Waals surface area (Å²) in [5.41, 5.74) is 1.31. The minimum atomic E-state index is -0.348. The van der Waals surface area contributed by atoms with Crippen LogP contribution >= 0.6 is 15.9 Å². The Morgan fingerprint density at radius 2 is 2.18 bits per heavy atom. The highest BCUT2D eigenvalue weighted by molar-refractivity contribution is 9.10. The van der Waals surface area contributed by atoms with Gasteiger partial charge in [0.1, 0.15) is 11.4 Å². The molecule has 0 aliphatic rings. The molecule has 2 aromatic rings. The standard InChI is InChI=1S/C12H12BrNO3/c1-3-17-12(15)10-4-7-5-11(16-2)8(13)6-9(7)14-10/h4-6,14H,3H2,1-2H3. The van der Waals surface area contributed by atoms with Gasteiger partial charge in [-0.05, 0) is 41.1 Å². The second-order valence-corrected chi connectivity index (χ2v) is 4.33. The molecule has 0 aliphatic heterocycles. The number of carbonyl (C=O) groups excluding carboxylic acids is 1. The van der Waals surface area contributed by atoms with Crippen molar-refractivity contribution >= 4 is 32.8 Å². The molecule has 0 aliphatic carbocycles. The van der Waals surface area contributed by atoms with Gasteiger partial charge < -0.3 is 14.5 Å². The van der Waals surface area contributed by atoms with E-state index in [0.29, 0.717) is 12.3 Å². The lowest BCUT2D eigenvalue weighted by molar-refractivity contribution is 0.0520. The summed E-state index contributed by atoms with van der Waals surface area (Å²) in [6.07, 6.45) is 0. The van der Waals surface area contributed by atoms with Crippen molar-refractivity contribution in [2.45, 2.75) is 6.92 Å². The zero-order chi connectivity index (χ0) is 12.4. The second kappa shape index (κ2) is 4.79. The normalized spacial score (nSPS) is 10.5. The Kier molecular flexibility index (Phi) is 3.38. The van der Waals surface area contributed by atoms with Gasteiger partial charge >= 0.3 is 5.97 Å². The summed E-state index contributed by atoms with van der Waals surface area (Å²) >= 11 is 3.39. The quantitative estimate of drug-likeness (QED) is 0.886. The highest BCUT2D eigenvalue weighted by Crippen LogP contribution is 2.30. The Labute approximate surface area is 107 Å². The number of ether oxygens (including phenoxy) is 2. The number of esters is 1. The van der Waals surface area contributed by atoms with Gasteiger partial charge in [0.25, 0.3) is 0 Å². The van der Waals surface area contributed by atoms with Gasteiger partial charge in [0.15, 0.2) is 0 Å². The number of aromatic nitrogens is 1. The molecular weight excluding hydrogens is 286 g/mol. The maximum absolute atomic E-state index is 11.6. The number of hydrogen-bond acceptors (Lipinski definition) is 3. The lowest BCUT2D eigenvalue weighted by Gasteiger charge is -2.02. The predicted molar refractivity (Wildman–Crippen MR) is 68.5 cm³/mol. The summed E-state index contributed by atoms with van der Waals surface area (Å²) in [6, 6.07) is 5.48. The molecule has 17 heavy (non-hydrogen) atoms. The smallest absolute Gasteiger partial charge is 0.354 e. The van der Waals surface area contributed by atoms with Crippen LogP contribution in [0.15, 0.2) is 22.7 Å². The molecule has 0 fully saturated rings. The summed E-state index contributed by atoms with van der Waals surface area (Å²) in [7, 11) is 1.60. The predicted octanol–water partition coefficient (Wildman–Crippen LogP) is 3.12. The molecule has 0 bridgehead atoms. The first-order valence-corrected chi connectivity index (χ1v) is 5.98. The number of methoxy groups -OCH3 is 1. The van der Waals surface area contributed by atoms with Gasteiger partial charge in [-0.2, -0.15) is 0 Å². The molecule has 4 nitrogen and oxygen atoms in total. The van der Waals surface area contributed by atoms with E-state index in [0.717, 1.165) is 21.1 Å². The lowest BCUT2D eigenvalue weighted by atomic mass is 10.2. The summed E-state index contributed by atoms with van der Waals surface area (Å²) in [6.45, 7) is 2.14. The SMILES string of the molecule is CCOC(=O)c1cc2cc(OC)c(Br)cc2[nH]1. The Morgan fingerprint density at radius 1 is 1.41 bits per heavy atom. The summed E-state index contributed by atoms with van der Waals surface area (Å²) in [5.74, 6) is 0.380. The van der Waals surface area contributed by atoms with Crippen molar-refractivity contribution in [2.75, 3.05) is 13.7 Å². The number of carbonyl (C=O) groups is 1. The van der Waals surface area contributed by atoms with Crippen molar-refractivity contribution in [1.29, 1.82) is 0 Å². The topological polar surface area (TPSA) is 51.3 Å². The average Bonchev–Trinajstić information content (AvgIpc) is 2.71. The van der Waals surface area contributed by atoms with Gasteiger partial charge in [0, 0.05) is 10.9 Å². The van der Waals surface area contributed by atoms with Crippen LogP contribution in [0.3, 0.4) is 0 Å². The van der Waals surface area contributed by atoms with Crippen molar-refractivity contribution < 1.29 is 14.3 Å². The molecule has 1 aromatic heterocycles.